The van der Waals surface area contributed by atoms with Crippen molar-refractivity contribution in [2.24, 2.45) is 5.73 Å². The molecule has 5 nitrogen and oxygen atoms in total. The van der Waals surface area contributed by atoms with Gasteiger partial charge < -0.3 is 11.1 Å². The number of aryl methyl sites for hydroxylation is 2. The standard InChI is InChI=1S/C22H24N4O.ClH/c1-15-14-24-26(20-8-4-6-17-5-2-3-7-19(17)20)21(15)25-22(27)18-11-9-16(13-23)10-12-18;/h2-3,5,7,9-12,14,20H,4,6,8,13,23H2,1H3,(H,25,27);1H. The first kappa shape index (κ1) is 20.1. The number of nitrogens with one attached hydrogen (secondary N) is 1. The first-order valence-electron chi connectivity index (χ1n) is 9.39. The fourth-order valence-electron chi connectivity index (χ4n) is 3.79. The van der Waals surface area contributed by atoms with Crippen molar-refractivity contribution >= 4 is 24.1 Å². The number of aromatic nitrogens is 2. The maximum absolute atomic E-state index is 12.8. The minimum absolute atomic E-state index is 0. The fourth-order valence-corrected chi connectivity index (χ4v) is 3.79. The lowest BCUT2D eigenvalue weighted by atomic mass is 9.88. The van der Waals surface area contributed by atoms with Gasteiger partial charge in [0.05, 0.1) is 12.2 Å². The molecule has 0 spiro atoms. The predicted molar refractivity (Wildman–Crippen MR) is 114 cm³/mol. The maximum Gasteiger partial charge on any atom is 0.256 e. The largest absolute Gasteiger partial charge is 0.326 e. The van der Waals surface area contributed by atoms with Crippen LogP contribution in [0.25, 0.3) is 0 Å². The number of anilines is 1. The van der Waals surface area contributed by atoms with Gasteiger partial charge in [-0.25, -0.2) is 4.68 Å². The number of hydrogen-bond donors (Lipinski definition) is 2. The molecule has 0 fully saturated rings. The molecule has 1 heterocycles. The highest BCUT2D eigenvalue weighted by Gasteiger charge is 2.25. The Hall–Kier alpha value is -2.63. The van der Waals surface area contributed by atoms with E-state index in [2.05, 4.69) is 34.7 Å². The highest BCUT2D eigenvalue weighted by Crippen LogP contribution is 2.35. The molecule has 146 valence electrons. The lowest BCUT2D eigenvalue weighted by Crippen LogP contribution is -2.22. The van der Waals surface area contributed by atoms with E-state index in [1.54, 1.807) is 0 Å². The van der Waals surface area contributed by atoms with Crippen LogP contribution in [0.15, 0.2) is 54.7 Å². The maximum atomic E-state index is 12.8. The molecule has 0 saturated heterocycles. The van der Waals surface area contributed by atoms with Crippen molar-refractivity contribution in [2.75, 3.05) is 5.32 Å². The van der Waals surface area contributed by atoms with Crippen molar-refractivity contribution in [3.63, 3.8) is 0 Å². The van der Waals surface area contributed by atoms with Crippen LogP contribution in [-0.2, 0) is 13.0 Å². The summed E-state index contributed by atoms with van der Waals surface area (Å²) >= 11 is 0. The number of benzene rings is 2. The molecule has 1 unspecified atom stereocenters. The summed E-state index contributed by atoms with van der Waals surface area (Å²) in [6.07, 6.45) is 5.06. The molecule has 1 atom stereocenters. The van der Waals surface area contributed by atoms with Crippen LogP contribution < -0.4 is 11.1 Å². The van der Waals surface area contributed by atoms with Crippen LogP contribution >= 0.6 is 12.4 Å². The topological polar surface area (TPSA) is 72.9 Å². The van der Waals surface area contributed by atoms with Gasteiger partial charge in [-0.1, -0.05) is 36.4 Å². The van der Waals surface area contributed by atoms with Crippen LogP contribution in [0.5, 0.6) is 0 Å². The van der Waals surface area contributed by atoms with Crippen molar-refractivity contribution in [3.05, 3.63) is 82.5 Å². The van der Waals surface area contributed by atoms with E-state index in [0.717, 1.165) is 36.2 Å². The van der Waals surface area contributed by atoms with Gasteiger partial charge in [-0.3, -0.25) is 4.79 Å². The normalized spacial score (nSPS) is 15.4. The Morgan fingerprint density at radius 2 is 1.96 bits per heavy atom. The Morgan fingerprint density at radius 1 is 1.21 bits per heavy atom. The summed E-state index contributed by atoms with van der Waals surface area (Å²) < 4.78 is 1.97. The zero-order valence-corrected chi connectivity index (χ0v) is 16.7. The molecule has 3 N–H and O–H groups in total. The summed E-state index contributed by atoms with van der Waals surface area (Å²) in [6.45, 7) is 2.44. The van der Waals surface area contributed by atoms with Gasteiger partial charge in [0.1, 0.15) is 5.82 Å². The van der Waals surface area contributed by atoms with E-state index in [1.165, 1.54) is 11.1 Å². The van der Waals surface area contributed by atoms with E-state index in [1.807, 2.05) is 42.1 Å². The number of nitrogens with zero attached hydrogens (tertiary/aromatic N) is 2. The Kier molecular flexibility index (Phi) is 6.17. The van der Waals surface area contributed by atoms with Crippen LogP contribution in [-0.4, -0.2) is 15.7 Å². The minimum Gasteiger partial charge on any atom is -0.326 e. The third-order valence-corrected chi connectivity index (χ3v) is 5.30. The molecule has 0 bridgehead atoms. The van der Waals surface area contributed by atoms with Gasteiger partial charge in [-0.2, -0.15) is 5.10 Å². The van der Waals surface area contributed by atoms with Crippen molar-refractivity contribution in [1.29, 1.82) is 0 Å². The van der Waals surface area contributed by atoms with Crippen LogP contribution in [0.4, 0.5) is 5.82 Å². The summed E-state index contributed by atoms with van der Waals surface area (Å²) in [5, 5.41) is 7.67. The number of halogens is 1. The molecule has 1 amide bonds. The quantitative estimate of drug-likeness (QED) is 0.692. The van der Waals surface area contributed by atoms with Crippen LogP contribution in [0, 0.1) is 6.92 Å². The highest BCUT2D eigenvalue weighted by atomic mass is 35.5. The fraction of sp³-hybridized carbons (Fsp3) is 0.273. The summed E-state index contributed by atoms with van der Waals surface area (Å²) in [6, 6.07) is 16.1. The zero-order chi connectivity index (χ0) is 18.8. The number of nitrogens with two attached hydrogens (primary N) is 1. The van der Waals surface area contributed by atoms with Crippen LogP contribution in [0.2, 0.25) is 0 Å². The average Bonchev–Trinajstić information content (AvgIpc) is 3.07. The first-order valence-corrected chi connectivity index (χ1v) is 9.39. The van der Waals surface area contributed by atoms with Crippen molar-refractivity contribution < 1.29 is 4.79 Å². The Morgan fingerprint density at radius 3 is 2.71 bits per heavy atom. The smallest absolute Gasteiger partial charge is 0.256 e. The van der Waals surface area contributed by atoms with Crippen LogP contribution in [0.1, 0.15) is 51.5 Å². The van der Waals surface area contributed by atoms with Gasteiger partial charge in [0.2, 0.25) is 0 Å². The van der Waals surface area contributed by atoms with Gasteiger partial charge in [0.25, 0.3) is 5.91 Å². The molecular weight excluding hydrogens is 372 g/mol. The molecular formula is C22H25ClN4O. The van der Waals surface area contributed by atoms with Gasteiger partial charge in [-0.05, 0) is 55.0 Å². The van der Waals surface area contributed by atoms with E-state index in [0.29, 0.717) is 12.1 Å². The number of fused-ring (bicyclic) bond motifs is 1. The third kappa shape index (κ3) is 3.81. The number of hydrogen-bond acceptors (Lipinski definition) is 3. The first-order chi connectivity index (χ1) is 13.2. The molecule has 1 aromatic heterocycles. The van der Waals surface area contributed by atoms with Crippen LogP contribution in [0.3, 0.4) is 0 Å². The number of amides is 1. The van der Waals surface area contributed by atoms with Gasteiger partial charge in [0.15, 0.2) is 0 Å². The predicted octanol–water partition coefficient (Wildman–Crippen LogP) is 4.25. The molecule has 1 aliphatic carbocycles. The molecule has 1 aliphatic rings. The number of carbonyl (C=O) groups excluding carboxylic acids is 1. The Balaban J connectivity index is 0.00000225. The molecule has 0 aliphatic heterocycles. The number of rotatable bonds is 4. The summed E-state index contributed by atoms with van der Waals surface area (Å²) in [5.41, 5.74) is 10.9. The second-order valence-corrected chi connectivity index (χ2v) is 7.08. The lowest BCUT2D eigenvalue weighted by Gasteiger charge is -2.27. The third-order valence-electron chi connectivity index (χ3n) is 5.30. The highest BCUT2D eigenvalue weighted by molar-refractivity contribution is 6.04. The van der Waals surface area contributed by atoms with E-state index in [9.17, 15) is 4.79 Å². The van der Waals surface area contributed by atoms with E-state index < -0.39 is 0 Å². The van der Waals surface area contributed by atoms with Gasteiger partial charge in [0, 0.05) is 17.7 Å². The molecule has 0 saturated carbocycles. The lowest BCUT2D eigenvalue weighted by molar-refractivity contribution is 0.102. The SMILES string of the molecule is Cc1cnn(C2CCCc3ccccc32)c1NC(=O)c1ccc(CN)cc1.Cl. The Bertz CT molecular complexity index is 965. The van der Waals surface area contributed by atoms with Crippen molar-refractivity contribution in [2.45, 2.75) is 38.8 Å². The average molecular weight is 397 g/mol. The summed E-state index contributed by atoms with van der Waals surface area (Å²) in [7, 11) is 0. The monoisotopic (exact) mass is 396 g/mol. The van der Waals surface area contributed by atoms with E-state index in [-0.39, 0.29) is 24.4 Å². The Labute approximate surface area is 171 Å². The molecule has 3 aromatic rings. The summed E-state index contributed by atoms with van der Waals surface area (Å²) in [4.78, 5) is 12.8. The second-order valence-electron chi connectivity index (χ2n) is 7.08. The summed E-state index contributed by atoms with van der Waals surface area (Å²) in [5.74, 6) is 0.636. The molecule has 28 heavy (non-hydrogen) atoms. The van der Waals surface area contributed by atoms with E-state index >= 15 is 0 Å². The molecule has 0 radical (unpaired) electrons. The van der Waals surface area contributed by atoms with Gasteiger partial charge in [-0.15, -0.1) is 12.4 Å². The molecule has 4 rings (SSSR count). The van der Waals surface area contributed by atoms with E-state index in [4.69, 9.17) is 5.73 Å². The molecule has 6 heteroatoms. The zero-order valence-electron chi connectivity index (χ0n) is 15.9. The van der Waals surface area contributed by atoms with Crippen molar-refractivity contribution in [1.82, 2.24) is 9.78 Å². The number of carbonyl (C=O) groups is 1. The second kappa shape index (κ2) is 8.59. The molecule has 2 aromatic carbocycles. The minimum atomic E-state index is -0.132. The van der Waals surface area contributed by atoms with Crippen molar-refractivity contribution in [3.8, 4) is 0 Å². The van der Waals surface area contributed by atoms with Gasteiger partial charge >= 0.3 is 0 Å².